The van der Waals surface area contributed by atoms with Crippen molar-refractivity contribution in [2.75, 3.05) is 6.54 Å². The molecule has 0 amide bonds. The van der Waals surface area contributed by atoms with E-state index in [1.165, 1.54) is 21.9 Å². The van der Waals surface area contributed by atoms with Crippen LogP contribution in [-0.4, -0.2) is 17.2 Å². The molecule has 84 valence electrons. The second-order valence-electron chi connectivity index (χ2n) is 4.23. The fourth-order valence-corrected chi connectivity index (χ4v) is 2.46. The number of nitrogens with zero attached hydrogens (tertiary/aromatic N) is 1. The molecule has 1 aliphatic rings. The summed E-state index contributed by atoms with van der Waals surface area (Å²) >= 11 is 4.87. The molecule has 0 aromatic heterocycles. The zero-order chi connectivity index (χ0) is 11.8. The smallest absolute Gasteiger partial charge is 0.0945 e. The summed E-state index contributed by atoms with van der Waals surface area (Å²) in [4.78, 5) is 4.96. The van der Waals surface area contributed by atoms with Crippen LogP contribution in [0.3, 0.4) is 0 Å². The SMILES string of the molecule is NC(=S)CN=C1Cc2cccc3cccc1c23. The molecule has 0 fully saturated rings. The van der Waals surface area contributed by atoms with Crippen molar-refractivity contribution >= 4 is 33.7 Å². The topological polar surface area (TPSA) is 38.4 Å². The molecular formula is C14H12N2S. The minimum atomic E-state index is 0.440. The zero-order valence-corrected chi connectivity index (χ0v) is 10.1. The standard InChI is InChI=1S/C14H12N2S/c15-13(17)8-16-12-7-10-5-1-3-9-4-2-6-11(12)14(9)10/h1-6H,7-8H2,(H2,15,17). The van der Waals surface area contributed by atoms with Gasteiger partial charge >= 0.3 is 0 Å². The molecule has 0 heterocycles. The molecule has 0 saturated carbocycles. The van der Waals surface area contributed by atoms with Gasteiger partial charge in [-0.15, -0.1) is 0 Å². The summed E-state index contributed by atoms with van der Waals surface area (Å²) in [5.74, 6) is 0. The fraction of sp³-hybridized carbons (Fsp3) is 0.143. The van der Waals surface area contributed by atoms with E-state index < -0.39 is 0 Å². The molecule has 0 saturated heterocycles. The van der Waals surface area contributed by atoms with Crippen molar-refractivity contribution in [1.29, 1.82) is 0 Å². The van der Waals surface area contributed by atoms with Crippen molar-refractivity contribution in [3.63, 3.8) is 0 Å². The average Bonchev–Trinajstić information content (AvgIpc) is 2.68. The van der Waals surface area contributed by atoms with Crippen molar-refractivity contribution in [3.8, 4) is 0 Å². The van der Waals surface area contributed by atoms with Gasteiger partial charge in [-0.3, -0.25) is 4.99 Å². The Hall–Kier alpha value is -1.74. The predicted octanol–water partition coefficient (Wildman–Crippen LogP) is 2.47. The first-order valence-corrected chi connectivity index (χ1v) is 5.99. The van der Waals surface area contributed by atoms with Crippen LogP contribution < -0.4 is 5.73 Å². The summed E-state index contributed by atoms with van der Waals surface area (Å²) in [5.41, 5.74) is 9.18. The van der Waals surface area contributed by atoms with Gasteiger partial charge in [-0.1, -0.05) is 48.6 Å². The summed E-state index contributed by atoms with van der Waals surface area (Å²) < 4.78 is 0. The fourth-order valence-electron chi connectivity index (χ4n) is 2.40. The molecule has 2 nitrogen and oxygen atoms in total. The maximum absolute atomic E-state index is 5.50. The molecule has 0 radical (unpaired) electrons. The van der Waals surface area contributed by atoms with Gasteiger partial charge in [0.05, 0.1) is 11.5 Å². The largest absolute Gasteiger partial charge is 0.392 e. The van der Waals surface area contributed by atoms with E-state index in [0.29, 0.717) is 11.5 Å². The van der Waals surface area contributed by atoms with E-state index in [0.717, 1.165) is 12.1 Å². The molecule has 2 aromatic rings. The molecule has 0 spiro atoms. The Balaban J connectivity index is 2.16. The summed E-state index contributed by atoms with van der Waals surface area (Å²) in [6, 6.07) is 12.7. The third kappa shape index (κ3) is 1.72. The first kappa shape index (κ1) is 10.4. The first-order chi connectivity index (χ1) is 8.25. The molecule has 2 aromatic carbocycles. The van der Waals surface area contributed by atoms with Gasteiger partial charge in [-0.25, -0.2) is 0 Å². The Morgan fingerprint density at radius 2 is 2.00 bits per heavy atom. The minimum Gasteiger partial charge on any atom is -0.392 e. The zero-order valence-electron chi connectivity index (χ0n) is 9.31. The van der Waals surface area contributed by atoms with Gasteiger partial charge in [0.25, 0.3) is 0 Å². The van der Waals surface area contributed by atoms with Crippen molar-refractivity contribution in [3.05, 3.63) is 47.5 Å². The maximum atomic E-state index is 5.50. The lowest BCUT2D eigenvalue weighted by atomic mass is 10.1. The first-order valence-electron chi connectivity index (χ1n) is 5.58. The molecule has 2 N–H and O–H groups in total. The Kier molecular flexibility index (Phi) is 2.41. The van der Waals surface area contributed by atoms with Gasteiger partial charge in [-0.05, 0) is 16.3 Å². The average molecular weight is 240 g/mol. The van der Waals surface area contributed by atoms with Crippen molar-refractivity contribution in [2.24, 2.45) is 10.7 Å². The van der Waals surface area contributed by atoms with Crippen LogP contribution >= 0.6 is 12.2 Å². The van der Waals surface area contributed by atoms with Gasteiger partial charge in [0, 0.05) is 17.7 Å². The second kappa shape index (κ2) is 3.93. The normalized spacial score (nSPS) is 15.6. The second-order valence-corrected chi connectivity index (χ2v) is 4.75. The highest BCUT2D eigenvalue weighted by Gasteiger charge is 2.19. The molecule has 3 heteroatoms. The highest BCUT2D eigenvalue weighted by atomic mass is 32.1. The van der Waals surface area contributed by atoms with Gasteiger partial charge in [0.2, 0.25) is 0 Å². The molecule has 17 heavy (non-hydrogen) atoms. The number of thiocarbonyl (C=S) groups is 1. The molecule has 0 atom stereocenters. The molecule has 0 unspecified atom stereocenters. The maximum Gasteiger partial charge on any atom is 0.0945 e. The molecule has 0 aliphatic heterocycles. The van der Waals surface area contributed by atoms with Crippen LogP contribution in [0.15, 0.2) is 41.4 Å². The van der Waals surface area contributed by atoms with Gasteiger partial charge in [0.15, 0.2) is 0 Å². The molecule has 0 bridgehead atoms. The van der Waals surface area contributed by atoms with Crippen molar-refractivity contribution < 1.29 is 0 Å². The Labute approximate surface area is 105 Å². The number of benzene rings is 2. The van der Waals surface area contributed by atoms with Crippen LogP contribution in [0.5, 0.6) is 0 Å². The lowest BCUT2D eigenvalue weighted by Gasteiger charge is -2.00. The van der Waals surface area contributed by atoms with E-state index >= 15 is 0 Å². The van der Waals surface area contributed by atoms with Crippen LogP contribution in [0, 0.1) is 0 Å². The molecule has 3 rings (SSSR count). The van der Waals surface area contributed by atoms with Crippen molar-refractivity contribution in [2.45, 2.75) is 6.42 Å². The lowest BCUT2D eigenvalue weighted by molar-refractivity contribution is 1.26. The monoisotopic (exact) mass is 240 g/mol. The summed E-state index contributed by atoms with van der Waals surface area (Å²) in [6.07, 6.45) is 0.888. The highest BCUT2D eigenvalue weighted by molar-refractivity contribution is 7.80. The summed E-state index contributed by atoms with van der Waals surface area (Å²) in [5, 5.41) is 2.61. The van der Waals surface area contributed by atoms with Crippen LogP contribution in [0.4, 0.5) is 0 Å². The quantitative estimate of drug-likeness (QED) is 0.819. The third-order valence-corrected chi connectivity index (χ3v) is 3.21. The molecular weight excluding hydrogens is 228 g/mol. The number of aliphatic imine (C=N–C) groups is 1. The summed E-state index contributed by atoms with van der Waals surface area (Å²) in [7, 11) is 0. The Morgan fingerprint density at radius 1 is 1.24 bits per heavy atom. The Bertz CT molecular complexity index is 638. The third-order valence-electron chi connectivity index (χ3n) is 3.09. The lowest BCUT2D eigenvalue weighted by Crippen LogP contribution is -2.13. The minimum absolute atomic E-state index is 0.440. The van der Waals surface area contributed by atoms with E-state index in [-0.39, 0.29) is 0 Å². The van der Waals surface area contributed by atoms with Crippen LogP contribution in [0.1, 0.15) is 11.1 Å². The van der Waals surface area contributed by atoms with Crippen LogP contribution in [0.2, 0.25) is 0 Å². The van der Waals surface area contributed by atoms with Crippen LogP contribution in [0.25, 0.3) is 10.8 Å². The van der Waals surface area contributed by atoms with E-state index in [1.54, 1.807) is 0 Å². The summed E-state index contributed by atoms with van der Waals surface area (Å²) in [6.45, 7) is 0.440. The highest BCUT2D eigenvalue weighted by Crippen LogP contribution is 2.30. The van der Waals surface area contributed by atoms with Gasteiger partial charge in [0.1, 0.15) is 0 Å². The van der Waals surface area contributed by atoms with E-state index in [1.807, 2.05) is 0 Å². The number of nitrogens with two attached hydrogens (primary N) is 1. The van der Waals surface area contributed by atoms with Gasteiger partial charge in [-0.2, -0.15) is 0 Å². The van der Waals surface area contributed by atoms with E-state index in [9.17, 15) is 0 Å². The van der Waals surface area contributed by atoms with Crippen LogP contribution in [-0.2, 0) is 6.42 Å². The van der Waals surface area contributed by atoms with Crippen molar-refractivity contribution in [1.82, 2.24) is 0 Å². The van der Waals surface area contributed by atoms with Gasteiger partial charge < -0.3 is 5.73 Å². The molecule has 1 aliphatic carbocycles. The predicted molar refractivity (Wildman–Crippen MR) is 75.8 cm³/mol. The Morgan fingerprint density at radius 3 is 2.76 bits per heavy atom. The number of rotatable bonds is 2. The van der Waals surface area contributed by atoms with E-state index in [4.69, 9.17) is 18.0 Å². The number of hydrogen-bond donors (Lipinski definition) is 1. The number of hydrogen-bond acceptors (Lipinski definition) is 2. The van der Waals surface area contributed by atoms with E-state index in [2.05, 4.69) is 41.4 Å².